The Morgan fingerprint density at radius 2 is 1.86 bits per heavy atom. The molecule has 21 heavy (non-hydrogen) atoms. The first-order valence-electron chi connectivity index (χ1n) is 7.17. The molecule has 118 valence electrons. The summed E-state index contributed by atoms with van der Waals surface area (Å²) in [7, 11) is 1.61. The molecule has 0 aliphatic heterocycles. The first-order chi connectivity index (χ1) is 9.65. The Morgan fingerprint density at radius 3 is 2.33 bits per heavy atom. The quantitative estimate of drug-likeness (QED) is 0.737. The van der Waals surface area contributed by atoms with Crippen molar-refractivity contribution in [1.29, 1.82) is 0 Å². The Bertz CT molecular complexity index is 489. The minimum absolute atomic E-state index is 0.0475. The summed E-state index contributed by atoms with van der Waals surface area (Å²) in [6.07, 6.45) is 0.535. The molecular weight excluding hydrogens is 288 g/mol. The van der Waals surface area contributed by atoms with E-state index in [1.807, 2.05) is 52.8 Å². The highest BCUT2D eigenvalue weighted by atomic mass is 35.5. The van der Waals surface area contributed by atoms with E-state index in [-0.39, 0.29) is 11.9 Å². The predicted octanol–water partition coefficient (Wildman–Crippen LogP) is 4.25. The lowest BCUT2D eigenvalue weighted by Gasteiger charge is -2.21. The second kappa shape index (κ2) is 7.17. The number of alkyl halides is 1. The summed E-state index contributed by atoms with van der Waals surface area (Å²) in [5, 5.41) is -0.537. The largest absolute Gasteiger partial charge is 0.493 e. The molecule has 1 unspecified atom stereocenters. The second-order valence-electron chi connectivity index (χ2n) is 6.44. The van der Waals surface area contributed by atoms with E-state index in [2.05, 4.69) is 0 Å². The van der Waals surface area contributed by atoms with Gasteiger partial charge in [0, 0.05) is 5.41 Å². The van der Waals surface area contributed by atoms with E-state index in [1.165, 1.54) is 0 Å². The SMILES string of the molecule is COc1ccc(CC(Cl)C(=O)C(C)(C)C)cc1OC(C)C. The van der Waals surface area contributed by atoms with E-state index in [1.54, 1.807) is 7.11 Å². The summed E-state index contributed by atoms with van der Waals surface area (Å²) >= 11 is 6.26. The van der Waals surface area contributed by atoms with Crippen LogP contribution in [0.3, 0.4) is 0 Å². The number of hydrogen-bond donors (Lipinski definition) is 0. The lowest BCUT2D eigenvalue weighted by atomic mass is 9.87. The van der Waals surface area contributed by atoms with E-state index in [4.69, 9.17) is 21.1 Å². The lowest BCUT2D eigenvalue weighted by molar-refractivity contribution is -0.125. The van der Waals surface area contributed by atoms with Crippen LogP contribution in [0.4, 0.5) is 0 Å². The maximum absolute atomic E-state index is 12.2. The number of methoxy groups -OCH3 is 1. The number of ether oxygens (including phenoxy) is 2. The Labute approximate surface area is 132 Å². The van der Waals surface area contributed by atoms with Gasteiger partial charge in [0.25, 0.3) is 0 Å². The number of ketones is 1. The molecule has 0 heterocycles. The minimum atomic E-state index is -0.537. The fourth-order valence-electron chi connectivity index (χ4n) is 1.96. The van der Waals surface area contributed by atoms with Gasteiger partial charge in [-0.3, -0.25) is 4.79 Å². The van der Waals surface area contributed by atoms with Crippen LogP contribution in [0, 0.1) is 5.41 Å². The van der Waals surface area contributed by atoms with Crippen molar-refractivity contribution in [2.75, 3.05) is 7.11 Å². The molecule has 1 aromatic rings. The molecule has 0 aromatic heterocycles. The number of Topliss-reactive ketones (excluding diaryl/α,β-unsaturated/α-hetero) is 1. The summed E-state index contributed by atoms with van der Waals surface area (Å²) in [5.74, 6) is 1.41. The minimum Gasteiger partial charge on any atom is -0.493 e. The van der Waals surface area contributed by atoms with Gasteiger partial charge in [-0.1, -0.05) is 26.8 Å². The third-order valence-corrected chi connectivity index (χ3v) is 3.38. The highest BCUT2D eigenvalue weighted by molar-refractivity contribution is 6.31. The van der Waals surface area contributed by atoms with Crippen LogP contribution in [-0.2, 0) is 11.2 Å². The molecule has 1 aromatic carbocycles. The molecule has 0 aliphatic carbocycles. The Balaban J connectivity index is 2.92. The molecule has 0 N–H and O–H groups in total. The highest BCUT2D eigenvalue weighted by Crippen LogP contribution is 2.30. The summed E-state index contributed by atoms with van der Waals surface area (Å²) in [6, 6.07) is 5.65. The van der Waals surface area contributed by atoms with Gasteiger partial charge in [0.2, 0.25) is 0 Å². The molecule has 0 radical (unpaired) electrons. The molecule has 0 saturated carbocycles. The number of carbonyl (C=O) groups is 1. The molecule has 4 heteroatoms. The third-order valence-electron chi connectivity index (χ3n) is 3.03. The van der Waals surface area contributed by atoms with E-state index >= 15 is 0 Å². The van der Waals surface area contributed by atoms with E-state index in [0.717, 1.165) is 5.56 Å². The van der Waals surface area contributed by atoms with E-state index in [0.29, 0.717) is 17.9 Å². The zero-order valence-electron chi connectivity index (χ0n) is 13.7. The average Bonchev–Trinajstić information content (AvgIpc) is 2.36. The van der Waals surface area contributed by atoms with Gasteiger partial charge in [-0.15, -0.1) is 11.6 Å². The summed E-state index contributed by atoms with van der Waals surface area (Å²) in [4.78, 5) is 12.2. The number of benzene rings is 1. The van der Waals surface area contributed by atoms with Gasteiger partial charge in [0.05, 0.1) is 18.6 Å². The summed E-state index contributed by atoms with van der Waals surface area (Å²) in [5.41, 5.74) is 0.528. The zero-order valence-corrected chi connectivity index (χ0v) is 14.5. The first-order valence-corrected chi connectivity index (χ1v) is 7.60. The molecule has 1 rings (SSSR count). The third kappa shape index (κ3) is 5.24. The number of halogens is 1. The van der Waals surface area contributed by atoms with Crippen molar-refractivity contribution >= 4 is 17.4 Å². The van der Waals surface area contributed by atoms with Crippen LogP contribution in [-0.4, -0.2) is 24.4 Å². The number of carbonyl (C=O) groups excluding carboxylic acids is 1. The molecule has 0 spiro atoms. The van der Waals surface area contributed by atoms with E-state index in [9.17, 15) is 4.79 Å². The molecule has 1 atom stereocenters. The topological polar surface area (TPSA) is 35.5 Å². The van der Waals surface area contributed by atoms with Gasteiger partial charge in [-0.2, -0.15) is 0 Å². The second-order valence-corrected chi connectivity index (χ2v) is 6.96. The van der Waals surface area contributed by atoms with Crippen molar-refractivity contribution in [3.05, 3.63) is 23.8 Å². The van der Waals surface area contributed by atoms with Gasteiger partial charge in [-0.25, -0.2) is 0 Å². The van der Waals surface area contributed by atoms with Gasteiger partial charge in [0.15, 0.2) is 17.3 Å². The molecule has 0 saturated heterocycles. The molecule has 0 bridgehead atoms. The van der Waals surface area contributed by atoms with Crippen LogP contribution in [0.15, 0.2) is 18.2 Å². The maximum atomic E-state index is 12.2. The van der Waals surface area contributed by atoms with E-state index < -0.39 is 10.8 Å². The molecule has 0 amide bonds. The summed E-state index contributed by atoms with van der Waals surface area (Å²) in [6.45, 7) is 9.56. The van der Waals surface area contributed by atoms with Gasteiger partial charge in [0.1, 0.15) is 0 Å². The molecule has 0 fully saturated rings. The van der Waals surface area contributed by atoms with Crippen molar-refractivity contribution in [3.8, 4) is 11.5 Å². The highest BCUT2D eigenvalue weighted by Gasteiger charge is 2.28. The van der Waals surface area contributed by atoms with Crippen LogP contribution >= 0.6 is 11.6 Å². The maximum Gasteiger partial charge on any atom is 0.161 e. The molecule has 0 aliphatic rings. The lowest BCUT2D eigenvalue weighted by Crippen LogP contribution is -2.30. The number of rotatable bonds is 6. The standard InChI is InChI=1S/C17H25ClO3/c1-11(2)21-15-10-12(7-8-14(15)20-6)9-13(18)16(19)17(3,4)5/h7-8,10-11,13H,9H2,1-6H3. The first kappa shape index (κ1) is 17.8. The summed E-state index contributed by atoms with van der Waals surface area (Å²) < 4.78 is 11.0. The van der Waals surface area contributed by atoms with Crippen LogP contribution in [0.5, 0.6) is 11.5 Å². The predicted molar refractivity (Wildman–Crippen MR) is 86.6 cm³/mol. The zero-order chi connectivity index (χ0) is 16.2. The van der Waals surface area contributed by atoms with Gasteiger partial charge >= 0.3 is 0 Å². The smallest absolute Gasteiger partial charge is 0.161 e. The Hall–Kier alpha value is -1.22. The number of hydrogen-bond acceptors (Lipinski definition) is 3. The fourth-order valence-corrected chi connectivity index (χ4v) is 2.47. The molecule has 3 nitrogen and oxygen atoms in total. The normalized spacial score (nSPS) is 13.1. The fraction of sp³-hybridized carbons (Fsp3) is 0.588. The van der Waals surface area contributed by atoms with Gasteiger partial charge < -0.3 is 9.47 Å². The van der Waals surface area contributed by atoms with Crippen LogP contribution in [0.2, 0.25) is 0 Å². The van der Waals surface area contributed by atoms with Crippen molar-refractivity contribution < 1.29 is 14.3 Å². The van der Waals surface area contributed by atoms with Crippen LogP contribution in [0.25, 0.3) is 0 Å². The van der Waals surface area contributed by atoms with Gasteiger partial charge in [-0.05, 0) is 38.0 Å². The van der Waals surface area contributed by atoms with Crippen LogP contribution in [0.1, 0.15) is 40.2 Å². The van der Waals surface area contributed by atoms with Crippen molar-refractivity contribution in [1.82, 2.24) is 0 Å². The van der Waals surface area contributed by atoms with Crippen molar-refractivity contribution in [2.45, 2.75) is 52.5 Å². The van der Waals surface area contributed by atoms with Crippen molar-refractivity contribution in [3.63, 3.8) is 0 Å². The average molecular weight is 313 g/mol. The Kier molecular flexibility index (Phi) is 6.09. The van der Waals surface area contributed by atoms with Crippen LogP contribution < -0.4 is 9.47 Å². The Morgan fingerprint density at radius 1 is 1.24 bits per heavy atom. The molecular formula is C17H25ClO3. The van der Waals surface area contributed by atoms with Crippen molar-refractivity contribution in [2.24, 2.45) is 5.41 Å². The monoisotopic (exact) mass is 312 g/mol.